The molecular weight excluding hydrogens is 157 g/mol. The fraction of sp³-hybridized carbons (Fsp3) is 0.167. The van der Waals surface area contributed by atoms with Crippen molar-refractivity contribution in [3.05, 3.63) is 23.5 Å². The lowest BCUT2D eigenvalue weighted by atomic mass is 10.2. The largest absolute Gasteiger partial charge is 0.419 e. The van der Waals surface area contributed by atoms with Crippen LogP contribution in [0.5, 0.6) is 0 Å². The maximum absolute atomic E-state index is 11.9. The van der Waals surface area contributed by atoms with E-state index in [4.69, 9.17) is 5.26 Å². The molecular formula is C6H3F3N2. The number of aromatic nitrogens is 1. The molecule has 2 nitrogen and oxygen atoms in total. The van der Waals surface area contributed by atoms with Crippen LogP contribution in [0.15, 0.2) is 12.3 Å². The van der Waals surface area contributed by atoms with Gasteiger partial charge in [-0.25, -0.2) is 0 Å². The average molecular weight is 160 g/mol. The second-order valence-corrected chi connectivity index (χ2v) is 1.88. The van der Waals surface area contributed by atoms with Gasteiger partial charge in [0.15, 0.2) is 0 Å². The molecule has 0 fully saturated rings. The monoisotopic (exact) mass is 160 g/mol. The molecule has 1 aromatic heterocycles. The summed E-state index contributed by atoms with van der Waals surface area (Å²) in [5, 5.41) is 8.19. The summed E-state index contributed by atoms with van der Waals surface area (Å²) in [6.07, 6.45) is -3.35. The molecule has 11 heavy (non-hydrogen) atoms. The van der Waals surface area contributed by atoms with Crippen molar-refractivity contribution in [2.75, 3.05) is 0 Å². The fourth-order valence-electron chi connectivity index (χ4n) is 0.698. The van der Waals surface area contributed by atoms with Gasteiger partial charge < -0.3 is 4.98 Å². The van der Waals surface area contributed by atoms with E-state index < -0.39 is 17.4 Å². The lowest BCUT2D eigenvalue weighted by Crippen LogP contribution is -2.05. The highest BCUT2D eigenvalue weighted by molar-refractivity contribution is 5.33. The maximum atomic E-state index is 11.9. The number of nitrogens with zero attached hydrogens (tertiary/aromatic N) is 1. The van der Waals surface area contributed by atoms with Crippen molar-refractivity contribution >= 4 is 0 Å². The van der Waals surface area contributed by atoms with E-state index in [1.807, 2.05) is 0 Å². The van der Waals surface area contributed by atoms with E-state index in [0.717, 1.165) is 12.3 Å². The van der Waals surface area contributed by atoms with Crippen molar-refractivity contribution in [2.45, 2.75) is 6.18 Å². The van der Waals surface area contributed by atoms with Gasteiger partial charge in [0.25, 0.3) is 0 Å². The molecule has 1 rings (SSSR count). The molecule has 0 spiro atoms. The van der Waals surface area contributed by atoms with Gasteiger partial charge in [-0.05, 0) is 6.07 Å². The molecule has 58 valence electrons. The zero-order chi connectivity index (χ0) is 8.48. The number of halogens is 3. The first kappa shape index (κ1) is 7.66. The summed E-state index contributed by atoms with van der Waals surface area (Å²) >= 11 is 0. The van der Waals surface area contributed by atoms with Gasteiger partial charge in [0.2, 0.25) is 0 Å². The van der Waals surface area contributed by atoms with E-state index in [9.17, 15) is 13.2 Å². The van der Waals surface area contributed by atoms with Crippen molar-refractivity contribution in [3.63, 3.8) is 0 Å². The van der Waals surface area contributed by atoms with Gasteiger partial charge in [-0.1, -0.05) is 0 Å². The minimum absolute atomic E-state index is 0.447. The minimum Gasteiger partial charge on any atom is -0.353 e. The summed E-state index contributed by atoms with van der Waals surface area (Å²) in [6, 6.07) is 2.24. The molecule has 1 aromatic rings. The van der Waals surface area contributed by atoms with Crippen LogP contribution < -0.4 is 0 Å². The van der Waals surface area contributed by atoms with Crippen LogP contribution in [-0.2, 0) is 6.18 Å². The smallest absolute Gasteiger partial charge is 0.353 e. The van der Waals surface area contributed by atoms with Crippen LogP contribution in [0.25, 0.3) is 0 Å². The second-order valence-electron chi connectivity index (χ2n) is 1.88. The first-order valence-electron chi connectivity index (χ1n) is 2.70. The Morgan fingerprint density at radius 2 is 2.09 bits per heavy atom. The number of rotatable bonds is 0. The molecule has 0 radical (unpaired) electrons. The Kier molecular flexibility index (Phi) is 1.61. The van der Waals surface area contributed by atoms with Gasteiger partial charge in [-0.15, -0.1) is 0 Å². The Morgan fingerprint density at radius 3 is 2.45 bits per heavy atom. The highest BCUT2D eigenvalue weighted by Crippen LogP contribution is 2.30. The molecule has 0 amide bonds. The number of H-pyrrole nitrogens is 1. The predicted molar refractivity (Wildman–Crippen MR) is 30.5 cm³/mol. The summed E-state index contributed by atoms with van der Waals surface area (Å²) in [5.41, 5.74) is -1.36. The number of hydrogen-bond donors (Lipinski definition) is 1. The second kappa shape index (κ2) is 2.31. The van der Waals surface area contributed by atoms with Crippen LogP contribution in [0.4, 0.5) is 13.2 Å². The average Bonchev–Trinajstić information content (AvgIpc) is 2.31. The van der Waals surface area contributed by atoms with E-state index in [0.29, 0.717) is 0 Å². The van der Waals surface area contributed by atoms with Crippen molar-refractivity contribution in [1.29, 1.82) is 5.26 Å². The zero-order valence-corrected chi connectivity index (χ0v) is 5.24. The Balaban J connectivity index is 3.15. The molecule has 0 atom stereocenters. The van der Waals surface area contributed by atoms with Gasteiger partial charge >= 0.3 is 6.18 Å². The summed E-state index contributed by atoms with van der Waals surface area (Å²) in [5.74, 6) is 0. The van der Waals surface area contributed by atoms with Crippen LogP contribution >= 0.6 is 0 Å². The standard InChI is InChI=1S/C6H3F3N2/c7-6(8,9)4-1-2-11-5(4)3-10/h1-2,11H. The quantitative estimate of drug-likeness (QED) is 0.618. The SMILES string of the molecule is N#Cc1[nH]ccc1C(F)(F)F. The third-order valence-electron chi connectivity index (χ3n) is 1.16. The van der Waals surface area contributed by atoms with E-state index >= 15 is 0 Å². The van der Waals surface area contributed by atoms with E-state index in [-0.39, 0.29) is 0 Å². The first-order chi connectivity index (χ1) is 5.05. The summed E-state index contributed by atoms with van der Waals surface area (Å²) < 4.78 is 35.7. The fourth-order valence-corrected chi connectivity index (χ4v) is 0.698. The van der Waals surface area contributed by atoms with Crippen molar-refractivity contribution < 1.29 is 13.2 Å². The highest BCUT2D eigenvalue weighted by Gasteiger charge is 2.34. The maximum Gasteiger partial charge on any atom is 0.419 e. The van der Waals surface area contributed by atoms with Crippen molar-refractivity contribution in [1.82, 2.24) is 4.98 Å². The predicted octanol–water partition coefficient (Wildman–Crippen LogP) is 1.91. The zero-order valence-electron chi connectivity index (χ0n) is 5.24. The summed E-state index contributed by atoms with van der Waals surface area (Å²) in [7, 11) is 0. The van der Waals surface area contributed by atoms with Crippen molar-refractivity contribution in [2.24, 2.45) is 0 Å². The van der Waals surface area contributed by atoms with Crippen LogP contribution in [0.3, 0.4) is 0 Å². The van der Waals surface area contributed by atoms with E-state index in [1.54, 1.807) is 0 Å². The normalized spacial score (nSPS) is 11.1. The number of alkyl halides is 3. The summed E-state index contributed by atoms with van der Waals surface area (Å²) in [4.78, 5) is 2.18. The van der Waals surface area contributed by atoms with Crippen molar-refractivity contribution in [3.8, 4) is 6.07 Å². The topological polar surface area (TPSA) is 39.6 Å². The summed E-state index contributed by atoms with van der Waals surface area (Å²) in [6.45, 7) is 0. The Labute approximate surface area is 60.3 Å². The molecule has 0 unspecified atom stereocenters. The Bertz CT molecular complexity index is 292. The molecule has 0 saturated carbocycles. The van der Waals surface area contributed by atoms with Crippen LogP contribution in [-0.4, -0.2) is 4.98 Å². The first-order valence-corrected chi connectivity index (χ1v) is 2.70. The lowest BCUT2D eigenvalue weighted by Gasteiger charge is -2.02. The number of aromatic amines is 1. The lowest BCUT2D eigenvalue weighted by molar-refractivity contribution is -0.137. The van der Waals surface area contributed by atoms with Gasteiger partial charge in [0, 0.05) is 6.20 Å². The molecule has 0 saturated heterocycles. The van der Waals surface area contributed by atoms with Gasteiger partial charge in [0.05, 0.1) is 5.56 Å². The molecule has 1 N–H and O–H groups in total. The molecule has 0 bridgehead atoms. The highest BCUT2D eigenvalue weighted by atomic mass is 19.4. The minimum atomic E-state index is -4.44. The Hall–Kier alpha value is -1.44. The molecule has 0 aliphatic carbocycles. The van der Waals surface area contributed by atoms with E-state index in [1.165, 1.54) is 6.07 Å². The van der Waals surface area contributed by atoms with E-state index in [2.05, 4.69) is 4.98 Å². The van der Waals surface area contributed by atoms with Crippen LogP contribution in [0, 0.1) is 11.3 Å². The third-order valence-corrected chi connectivity index (χ3v) is 1.16. The third kappa shape index (κ3) is 1.34. The Morgan fingerprint density at radius 1 is 1.45 bits per heavy atom. The molecule has 0 aliphatic heterocycles. The molecule has 0 aromatic carbocycles. The van der Waals surface area contributed by atoms with Gasteiger partial charge in [-0.3, -0.25) is 0 Å². The van der Waals surface area contributed by atoms with Gasteiger partial charge in [0.1, 0.15) is 11.8 Å². The van der Waals surface area contributed by atoms with Gasteiger partial charge in [-0.2, -0.15) is 18.4 Å². The number of nitriles is 1. The molecule has 0 aliphatic rings. The van der Waals surface area contributed by atoms with Crippen LogP contribution in [0.1, 0.15) is 11.3 Å². The molecule has 5 heteroatoms. The number of hydrogen-bond acceptors (Lipinski definition) is 1. The number of nitrogens with one attached hydrogen (secondary N) is 1. The van der Waals surface area contributed by atoms with Crippen LogP contribution in [0.2, 0.25) is 0 Å². The molecule has 1 heterocycles.